The lowest BCUT2D eigenvalue weighted by molar-refractivity contribution is -0.131. The van der Waals surface area contributed by atoms with Crippen LogP contribution in [-0.2, 0) is 4.79 Å². The maximum absolute atomic E-state index is 9.73. The van der Waals surface area contributed by atoms with Gasteiger partial charge >= 0.3 is 5.97 Å². The Morgan fingerprint density at radius 2 is 1.21 bits per heavy atom. The highest BCUT2D eigenvalue weighted by atomic mass is 16.4. The van der Waals surface area contributed by atoms with Gasteiger partial charge in [-0.25, -0.2) is 4.79 Å². The fourth-order valence-corrected chi connectivity index (χ4v) is 1.51. The summed E-state index contributed by atoms with van der Waals surface area (Å²) in [5.74, 6) is -0.875. The van der Waals surface area contributed by atoms with Gasteiger partial charge in [-0.1, -0.05) is 66.2 Å². The Bertz CT molecular complexity index is 486. The molecule has 0 aromatic heterocycles. The van der Waals surface area contributed by atoms with E-state index in [0.717, 1.165) is 5.57 Å². The van der Waals surface area contributed by atoms with Gasteiger partial charge in [-0.05, 0) is 25.0 Å². The second kappa shape index (κ2) is 7.88. The first-order valence-electron chi connectivity index (χ1n) is 6.08. The summed E-state index contributed by atoms with van der Waals surface area (Å²) in [7, 11) is 0. The van der Waals surface area contributed by atoms with Gasteiger partial charge in [0.15, 0.2) is 0 Å². The molecule has 0 radical (unpaired) electrons. The van der Waals surface area contributed by atoms with E-state index in [9.17, 15) is 4.79 Å². The second-order valence-electron chi connectivity index (χ2n) is 4.29. The minimum absolute atomic E-state index is 0.813. The maximum Gasteiger partial charge on any atom is 0.328 e. The van der Waals surface area contributed by atoms with E-state index in [4.69, 9.17) is 5.11 Å². The summed E-state index contributed by atoms with van der Waals surface area (Å²) in [5.41, 5.74) is 3.36. The molecule has 2 aromatic rings. The summed E-state index contributed by atoms with van der Waals surface area (Å²) in [6.07, 6.45) is 1.17. The van der Waals surface area contributed by atoms with Crippen molar-refractivity contribution in [1.29, 1.82) is 0 Å². The molecular formula is C17H18O2. The standard InChI is InChI=1S/C12H10.C5H8O2/c1-3-7-11(8-4-1)12-9-5-2-6-10-12;1-4(2)3-5(6)7/h1-10H;3H,1-2H3,(H,6,7). The molecule has 0 heterocycles. The molecule has 19 heavy (non-hydrogen) atoms. The van der Waals surface area contributed by atoms with E-state index >= 15 is 0 Å². The molecule has 2 heteroatoms. The third-order valence-electron chi connectivity index (χ3n) is 2.29. The molecule has 0 atom stereocenters. The normalized spacial score (nSPS) is 8.95. The van der Waals surface area contributed by atoms with Crippen LogP contribution in [0.1, 0.15) is 13.8 Å². The Hall–Kier alpha value is -2.35. The molecule has 0 spiro atoms. The van der Waals surface area contributed by atoms with Gasteiger partial charge in [-0.2, -0.15) is 0 Å². The summed E-state index contributed by atoms with van der Waals surface area (Å²) < 4.78 is 0. The van der Waals surface area contributed by atoms with Gasteiger partial charge in [0.2, 0.25) is 0 Å². The summed E-state index contributed by atoms with van der Waals surface area (Å²) in [5, 5.41) is 8.01. The number of rotatable bonds is 2. The van der Waals surface area contributed by atoms with E-state index < -0.39 is 5.97 Å². The van der Waals surface area contributed by atoms with Crippen molar-refractivity contribution in [3.05, 3.63) is 72.3 Å². The minimum Gasteiger partial charge on any atom is -0.478 e. The van der Waals surface area contributed by atoms with E-state index in [1.165, 1.54) is 17.2 Å². The van der Waals surface area contributed by atoms with E-state index in [1.54, 1.807) is 13.8 Å². The fourth-order valence-electron chi connectivity index (χ4n) is 1.51. The van der Waals surface area contributed by atoms with E-state index in [1.807, 2.05) is 12.1 Å². The van der Waals surface area contributed by atoms with Crippen LogP contribution in [0.15, 0.2) is 72.3 Å². The van der Waals surface area contributed by atoms with Crippen LogP contribution in [0.3, 0.4) is 0 Å². The summed E-state index contributed by atoms with van der Waals surface area (Å²) >= 11 is 0. The van der Waals surface area contributed by atoms with E-state index in [2.05, 4.69) is 48.5 Å². The van der Waals surface area contributed by atoms with Gasteiger partial charge < -0.3 is 5.11 Å². The van der Waals surface area contributed by atoms with Crippen molar-refractivity contribution in [1.82, 2.24) is 0 Å². The van der Waals surface area contributed by atoms with Gasteiger partial charge in [-0.15, -0.1) is 0 Å². The highest BCUT2D eigenvalue weighted by Crippen LogP contribution is 2.17. The number of allylic oxidation sites excluding steroid dienone is 1. The maximum atomic E-state index is 9.73. The Kier molecular flexibility index (Phi) is 6.10. The summed E-state index contributed by atoms with van der Waals surface area (Å²) in [4.78, 5) is 9.73. The van der Waals surface area contributed by atoms with Crippen molar-refractivity contribution in [2.45, 2.75) is 13.8 Å². The average Bonchev–Trinajstić information content (AvgIpc) is 2.40. The van der Waals surface area contributed by atoms with Gasteiger partial charge in [-0.3, -0.25) is 0 Å². The average molecular weight is 254 g/mol. The first-order chi connectivity index (χ1) is 9.09. The first-order valence-corrected chi connectivity index (χ1v) is 6.08. The van der Waals surface area contributed by atoms with Crippen LogP contribution in [0.2, 0.25) is 0 Å². The van der Waals surface area contributed by atoms with Gasteiger partial charge in [0.05, 0.1) is 0 Å². The van der Waals surface area contributed by atoms with E-state index in [0.29, 0.717) is 0 Å². The molecule has 0 saturated heterocycles. The molecule has 0 fully saturated rings. The third-order valence-corrected chi connectivity index (χ3v) is 2.29. The molecular weight excluding hydrogens is 236 g/mol. The van der Waals surface area contributed by atoms with Gasteiger partial charge in [0.1, 0.15) is 0 Å². The lowest BCUT2D eigenvalue weighted by Crippen LogP contribution is -1.86. The molecule has 0 unspecified atom stereocenters. The predicted molar refractivity (Wildman–Crippen MR) is 78.9 cm³/mol. The molecule has 2 nitrogen and oxygen atoms in total. The molecule has 0 aliphatic rings. The minimum atomic E-state index is -0.875. The Labute approximate surface area is 114 Å². The van der Waals surface area contributed by atoms with Gasteiger partial charge in [0, 0.05) is 6.08 Å². The van der Waals surface area contributed by atoms with Crippen LogP contribution < -0.4 is 0 Å². The molecule has 0 amide bonds. The number of carbonyl (C=O) groups is 1. The molecule has 2 aromatic carbocycles. The SMILES string of the molecule is CC(C)=CC(=O)O.c1ccc(-c2ccccc2)cc1. The van der Waals surface area contributed by atoms with Crippen LogP contribution in [0, 0.1) is 0 Å². The lowest BCUT2D eigenvalue weighted by Gasteiger charge is -1.98. The zero-order chi connectivity index (χ0) is 14.1. The van der Waals surface area contributed by atoms with Crippen LogP contribution in [-0.4, -0.2) is 11.1 Å². The molecule has 2 rings (SSSR count). The van der Waals surface area contributed by atoms with Crippen molar-refractivity contribution in [2.24, 2.45) is 0 Å². The Morgan fingerprint density at radius 1 is 0.842 bits per heavy atom. The summed E-state index contributed by atoms with van der Waals surface area (Å²) in [6, 6.07) is 20.8. The quantitative estimate of drug-likeness (QED) is 0.807. The van der Waals surface area contributed by atoms with Crippen LogP contribution in [0.5, 0.6) is 0 Å². The number of aliphatic carboxylic acids is 1. The number of benzene rings is 2. The highest BCUT2D eigenvalue weighted by molar-refractivity contribution is 5.80. The predicted octanol–water partition coefficient (Wildman–Crippen LogP) is 4.39. The van der Waals surface area contributed by atoms with E-state index in [-0.39, 0.29) is 0 Å². The molecule has 0 bridgehead atoms. The third kappa shape index (κ3) is 6.22. The monoisotopic (exact) mass is 254 g/mol. The lowest BCUT2D eigenvalue weighted by atomic mass is 10.1. The topological polar surface area (TPSA) is 37.3 Å². The first kappa shape index (κ1) is 14.7. The Balaban J connectivity index is 0.000000224. The van der Waals surface area contributed by atoms with Crippen molar-refractivity contribution in [3.63, 3.8) is 0 Å². The summed E-state index contributed by atoms with van der Waals surface area (Å²) in [6.45, 7) is 3.49. The molecule has 0 aliphatic carbocycles. The molecule has 0 aliphatic heterocycles. The zero-order valence-electron chi connectivity index (χ0n) is 11.2. The second-order valence-corrected chi connectivity index (χ2v) is 4.29. The highest BCUT2D eigenvalue weighted by Gasteiger charge is 1.91. The van der Waals surface area contributed by atoms with Crippen molar-refractivity contribution < 1.29 is 9.90 Å². The number of carboxylic acid groups (broad SMARTS) is 1. The Morgan fingerprint density at radius 3 is 1.42 bits per heavy atom. The number of hydrogen-bond acceptors (Lipinski definition) is 1. The van der Waals surface area contributed by atoms with Gasteiger partial charge in [0.25, 0.3) is 0 Å². The fraction of sp³-hybridized carbons (Fsp3) is 0.118. The van der Waals surface area contributed by atoms with Crippen molar-refractivity contribution >= 4 is 5.97 Å². The van der Waals surface area contributed by atoms with Crippen molar-refractivity contribution in [3.8, 4) is 11.1 Å². The van der Waals surface area contributed by atoms with Crippen LogP contribution in [0.25, 0.3) is 11.1 Å². The van der Waals surface area contributed by atoms with Crippen LogP contribution in [0.4, 0.5) is 0 Å². The number of hydrogen-bond donors (Lipinski definition) is 1. The molecule has 1 N–H and O–H groups in total. The largest absolute Gasteiger partial charge is 0.478 e. The molecule has 0 saturated carbocycles. The molecule has 98 valence electrons. The zero-order valence-corrected chi connectivity index (χ0v) is 11.2. The number of carboxylic acids is 1. The van der Waals surface area contributed by atoms with Crippen molar-refractivity contribution in [2.75, 3.05) is 0 Å². The smallest absolute Gasteiger partial charge is 0.328 e. The van der Waals surface area contributed by atoms with Crippen LogP contribution >= 0.6 is 0 Å².